The third-order valence-corrected chi connectivity index (χ3v) is 2.84. The zero-order valence-corrected chi connectivity index (χ0v) is 8.31. The largest absolute Gasteiger partial charge is 0.295 e. The average Bonchev–Trinajstić information content (AvgIpc) is 2.42. The van der Waals surface area contributed by atoms with Crippen molar-refractivity contribution in [3.63, 3.8) is 0 Å². The summed E-state index contributed by atoms with van der Waals surface area (Å²) >= 11 is 1.62. The molecule has 0 radical (unpaired) electrons. The molecule has 0 aliphatic carbocycles. The van der Waals surface area contributed by atoms with E-state index < -0.39 is 0 Å². The normalized spacial score (nSPS) is 10.6. The van der Waals surface area contributed by atoms with E-state index in [1.165, 1.54) is 0 Å². The number of nitrogens with zero attached hydrogens (tertiary/aromatic N) is 1. The lowest BCUT2D eigenvalue weighted by molar-refractivity contribution is 0.101. The van der Waals surface area contributed by atoms with Crippen LogP contribution in [0.4, 0.5) is 0 Å². The van der Waals surface area contributed by atoms with Gasteiger partial charge in [0.25, 0.3) is 0 Å². The molecule has 3 heteroatoms. The van der Waals surface area contributed by atoms with Crippen molar-refractivity contribution >= 4 is 27.3 Å². The monoisotopic (exact) mass is 191 g/mol. The molecule has 0 aliphatic rings. The third-order valence-electron chi connectivity index (χ3n) is 1.90. The lowest BCUT2D eigenvalue weighted by Crippen LogP contribution is -1.89. The molecule has 0 aliphatic heterocycles. The van der Waals surface area contributed by atoms with Crippen LogP contribution in [0.3, 0.4) is 0 Å². The number of rotatable bonds is 1. The highest BCUT2D eigenvalue weighted by molar-refractivity contribution is 7.18. The standard InChI is InChI=1S/C10H9NOS/c1-6(12)8-3-4-9-10(5-8)13-7(2)11-9/h3-5H,1-2H3. The van der Waals surface area contributed by atoms with Gasteiger partial charge in [0.05, 0.1) is 15.2 Å². The highest BCUT2D eigenvalue weighted by Crippen LogP contribution is 2.22. The number of carbonyl (C=O) groups is 1. The second-order valence-electron chi connectivity index (χ2n) is 2.97. The minimum atomic E-state index is 0.105. The van der Waals surface area contributed by atoms with E-state index in [1.807, 2.05) is 25.1 Å². The van der Waals surface area contributed by atoms with Crippen LogP contribution in [-0.2, 0) is 0 Å². The Hall–Kier alpha value is -1.22. The molecule has 0 fully saturated rings. The van der Waals surface area contributed by atoms with Crippen molar-refractivity contribution in [2.75, 3.05) is 0 Å². The second kappa shape index (κ2) is 2.92. The van der Waals surface area contributed by atoms with E-state index in [4.69, 9.17) is 0 Å². The van der Waals surface area contributed by atoms with Gasteiger partial charge in [-0.25, -0.2) is 4.98 Å². The molecule has 0 atom stereocenters. The Morgan fingerprint density at radius 3 is 2.92 bits per heavy atom. The molecule has 0 bridgehead atoms. The molecule has 0 spiro atoms. The van der Waals surface area contributed by atoms with Crippen LogP contribution in [0.5, 0.6) is 0 Å². The first-order chi connectivity index (χ1) is 6.16. The molecule has 2 nitrogen and oxygen atoms in total. The van der Waals surface area contributed by atoms with E-state index in [0.29, 0.717) is 0 Å². The Morgan fingerprint density at radius 1 is 1.46 bits per heavy atom. The van der Waals surface area contributed by atoms with Crippen LogP contribution in [0, 0.1) is 6.92 Å². The number of fused-ring (bicyclic) bond motifs is 1. The van der Waals surface area contributed by atoms with E-state index in [-0.39, 0.29) is 5.78 Å². The van der Waals surface area contributed by atoms with E-state index >= 15 is 0 Å². The van der Waals surface area contributed by atoms with E-state index in [9.17, 15) is 4.79 Å². The Morgan fingerprint density at radius 2 is 2.23 bits per heavy atom. The van der Waals surface area contributed by atoms with Gasteiger partial charge in [-0.05, 0) is 32.0 Å². The van der Waals surface area contributed by atoms with Gasteiger partial charge >= 0.3 is 0 Å². The molecule has 0 unspecified atom stereocenters. The van der Waals surface area contributed by atoms with E-state index in [1.54, 1.807) is 18.3 Å². The first-order valence-electron chi connectivity index (χ1n) is 4.05. The van der Waals surface area contributed by atoms with Crippen molar-refractivity contribution in [1.29, 1.82) is 0 Å². The van der Waals surface area contributed by atoms with Gasteiger partial charge in [0.15, 0.2) is 5.78 Å². The first kappa shape index (κ1) is 8.38. The molecular formula is C10H9NOS. The number of Topliss-reactive ketones (excluding diaryl/α,β-unsaturated/α-hetero) is 1. The fourth-order valence-corrected chi connectivity index (χ4v) is 2.13. The van der Waals surface area contributed by atoms with Crippen molar-refractivity contribution in [3.8, 4) is 0 Å². The summed E-state index contributed by atoms with van der Waals surface area (Å²) in [5.74, 6) is 0.105. The Balaban J connectivity index is 2.67. The summed E-state index contributed by atoms with van der Waals surface area (Å²) in [6.07, 6.45) is 0. The molecule has 0 saturated carbocycles. The highest BCUT2D eigenvalue weighted by atomic mass is 32.1. The molecule has 0 N–H and O–H groups in total. The predicted molar refractivity (Wildman–Crippen MR) is 54.4 cm³/mol. The number of hydrogen-bond donors (Lipinski definition) is 0. The minimum Gasteiger partial charge on any atom is -0.295 e. The van der Waals surface area contributed by atoms with E-state index in [2.05, 4.69) is 4.98 Å². The lowest BCUT2D eigenvalue weighted by atomic mass is 10.1. The molecule has 0 amide bonds. The number of carbonyl (C=O) groups excluding carboxylic acids is 1. The van der Waals surface area contributed by atoms with Gasteiger partial charge in [-0.15, -0.1) is 11.3 Å². The maximum atomic E-state index is 11.1. The number of aryl methyl sites for hydroxylation is 1. The maximum Gasteiger partial charge on any atom is 0.159 e. The summed E-state index contributed by atoms with van der Waals surface area (Å²) < 4.78 is 1.09. The smallest absolute Gasteiger partial charge is 0.159 e. The van der Waals surface area contributed by atoms with Crippen LogP contribution < -0.4 is 0 Å². The molecular weight excluding hydrogens is 182 g/mol. The quantitative estimate of drug-likeness (QED) is 0.649. The average molecular weight is 191 g/mol. The second-order valence-corrected chi connectivity index (χ2v) is 4.21. The zero-order chi connectivity index (χ0) is 9.42. The van der Waals surface area contributed by atoms with Crippen LogP contribution >= 0.6 is 11.3 Å². The van der Waals surface area contributed by atoms with Crippen LogP contribution in [0.25, 0.3) is 10.2 Å². The molecule has 13 heavy (non-hydrogen) atoms. The summed E-state index contributed by atoms with van der Waals surface area (Å²) in [5.41, 5.74) is 1.74. The van der Waals surface area contributed by atoms with Gasteiger partial charge in [-0.3, -0.25) is 4.79 Å². The van der Waals surface area contributed by atoms with Crippen LogP contribution in [0.1, 0.15) is 22.3 Å². The van der Waals surface area contributed by atoms with Crippen LogP contribution in [-0.4, -0.2) is 10.8 Å². The first-order valence-corrected chi connectivity index (χ1v) is 4.86. The summed E-state index contributed by atoms with van der Waals surface area (Å²) in [7, 11) is 0. The molecule has 2 aromatic rings. The number of benzene rings is 1. The topological polar surface area (TPSA) is 30.0 Å². The Bertz CT molecular complexity index is 473. The molecule has 1 aromatic heterocycles. The predicted octanol–water partition coefficient (Wildman–Crippen LogP) is 2.81. The lowest BCUT2D eigenvalue weighted by Gasteiger charge is -1.93. The third kappa shape index (κ3) is 1.47. The number of thiazole rings is 1. The minimum absolute atomic E-state index is 0.105. The van der Waals surface area contributed by atoms with Gasteiger partial charge < -0.3 is 0 Å². The SMILES string of the molecule is CC(=O)c1ccc2nc(C)sc2c1. The number of hydrogen-bond acceptors (Lipinski definition) is 3. The van der Waals surface area contributed by atoms with Crippen molar-refractivity contribution < 1.29 is 4.79 Å². The molecule has 0 saturated heterocycles. The summed E-state index contributed by atoms with van der Waals surface area (Å²) in [6, 6.07) is 5.63. The van der Waals surface area contributed by atoms with E-state index in [0.717, 1.165) is 20.8 Å². The summed E-state index contributed by atoms with van der Waals surface area (Å²) in [6.45, 7) is 3.55. The maximum absolute atomic E-state index is 11.1. The fourth-order valence-electron chi connectivity index (χ4n) is 1.26. The van der Waals surface area contributed by atoms with Gasteiger partial charge in [0.2, 0.25) is 0 Å². The van der Waals surface area contributed by atoms with Gasteiger partial charge in [0.1, 0.15) is 0 Å². The van der Waals surface area contributed by atoms with Crippen LogP contribution in [0.15, 0.2) is 18.2 Å². The fraction of sp³-hybridized carbons (Fsp3) is 0.200. The Labute approximate surface area is 80.2 Å². The Kier molecular flexibility index (Phi) is 1.88. The highest BCUT2D eigenvalue weighted by Gasteiger charge is 2.03. The van der Waals surface area contributed by atoms with Gasteiger partial charge in [-0.1, -0.05) is 0 Å². The molecule has 2 rings (SSSR count). The van der Waals surface area contributed by atoms with Gasteiger partial charge in [0, 0.05) is 5.56 Å². The summed E-state index contributed by atoms with van der Waals surface area (Å²) in [5, 5.41) is 1.04. The number of ketones is 1. The summed E-state index contributed by atoms with van der Waals surface area (Å²) in [4.78, 5) is 15.4. The van der Waals surface area contributed by atoms with Crippen molar-refractivity contribution in [1.82, 2.24) is 4.98 Å². The molecule has 1 heterocycles. The number of aromatic nitrogens is 1. The molecule has 1 aromatic carbocycles. The van der Waals surface area contributed by atoms with Crippen LogP contribution in [0.2, 0.25) is 0 Å². The van der Waals surface area contributed by atoms with Crippen molar-refractivity contribution in [3.05, 3.63) is 28.8 Å². The van der Waals surface area contributed by atoms with Gasteiger partial charge in [-0.2, -0.15) is 0 Å². The zero-order valence-electron chi connectivity index (χ0n) is 7.50. The molecule has 66 valence electrons. The van der Waals surface area contributed by atoms with Crippen molar-refractivity contribution in [2.45, 2.75) is 13.8 Å². The van der Waals surface area contributed by atoms with Crippen molar-refractivity contribution in [2.24, 2.45) is 0 Å².